The van der Waals surface area contributed by atoms with Crippen LogP contribution in [0.4, 0.5) is 4.39 Å². The van der Waals surface area contributed by atoms with Gasteiger partial charge in [-0.25, -0.2) is 4.39 Å². The zero-order chi connectivity index (χ0) is 14.8. The van der Waals surface area contributed by atoms with Crippen LogP contribution in [0, 0.1) is 5.82 Å². The molecule has 1 aromatic heterocycles. The van der Waals surface area contributed by atoms with E-state index in [0.29, 0.717) is 0 Å². The van der Waals surface area contributed by atoms with Crippen LogP contribution in [-0.4, -0.2) is 10.2 Å². The molecule has 1 heterocycles. The predicted octanol–water partition coefficient (Wildman–Crippen LogP) is 4.14. The number of halogens is 3. The van der Waals surface area contributed by atoms with Gasteiger partial charge < -0.3 is 0 Å². The van der Waals surface area contributed by atoms with Gasteiger partial charge in [-0.05, 0) is 48.7 Å². The Morgan fingerprint density at radius 1 is 1.40 bits per heavy atom. The van der Waals surface area contributed by atoms with Crippen molar-refractivity contribution in [3.63, 3.8) is 0 Å². The molecule has 0 fully saturated rings. The molecule has 0 saturated heterocycles. The minimum absolute atomic E-state index is 0.228. The maximum atomic E-state index is 14.1. The van der Waals surface area contributed by atoms with Gasteiger partial charge in [0.1, 0.15) is 5.82 Å². The van der Waals surface area contributed by atoms with E-state index in [-0.39, 0.29) is 17.0 Å². The summed E-state index contributed by atoms with van der Waals surface area (Å²) in [6, 6.07) is 7.79. The Kier molecular flexibility index (Phi) is 4.41. The van der Waals surface area contributed by atoms with Crippen molar-refractivity contribution in [3.8, 4) is 0 Å². The molecule has 0 aliphatic carbocycles. The van der Waals surface area contributed by atoms with E-state index in [1.807, 2.05) is 6.07 Å². The molecule has 0 aliphatic heterocycles. The summed E-state index contributed by atoms with van der Waals surface area (Å²) in [6.07, 6.45) is 3.53. The van der Waals surface area contributed by atoms with Gasteiger partial charge in [-0.1, -0.05) is 23.7 Å². The molecular weight excluding hydrogens is 300 g/mol. The Labute approximate surface area is 126 Å². The summed E-state index contributed by atoms with van der Waals surface area (Å²) in [6.45, 7) is 1.61. The molecular formula is C15H12Cl2FNO. The highest BCUT2D eigenvalue weighted by molar-refractivity contribution is 6.65. The average Bonchev–Trinajstić information content (AvgIpc) is 2.39. The van der Waals surface area contributed by atoms with Crippen molar-refractivity contribution in [1.82, 2.24) is 4.98 Å². The fourth-order valence-corrected chi connectivity index (χ4v) is 2.45. The molecule has 1 aromatic carbocycles. The summed E-state index contributed by atoms with van der Waals surface area (Å²) >= 11 is 11.5. The molecule has 5 heteroatoms. The molecule has 1 atom stereocenters. The maximum absolute atomic E-state index is 14.1. The second kappa shape index (κ2) is 5.90. The monoisotopic (exact) mass is 311 g/mol. The lowest BCUT2D eigenvalue weighted by atomic mass is 9.78. The van der Waals surface area contributed by atoms with Crippen molar-refractivity contribution in [3.05, 3.63) is 64.7 Å². The first-order valence-corrected chi connectivity index (χ1v) is 6.73. The van der Waals surface area contributed by atoms with Gasteiger partial charge in [-0.3, -0.25) is 9.78 Å². The van der Waals surface area contributed by atoms with Crippen molar-refractivity contribution >= 4 is 28.4 Å². The van der Waals surface area contributed by atoms with Crippen LogP contribution < -0.4 is 0 Å². The maximum Gasteiger partial charge on any atom is 0.232 e. The number of aromatic nitrogens is 1. The topological polar surface area (TPSA) is 30.0 Å². The van der Waals surface area contributed by atoms with Gasteiger partial charge in [0.2, 0.25) is 5.24 Å². The molecule has 0 bridgehead atoms. The van der Waals surface area contributed by atoms with Crippen molar-refractivity contribution in [2.45, 2.75) is 18.8 Å². The van der Waals surface area contributed by atoms with E-state index < -0.39 is 16.5 Å². The number of hydrogen-bond acceptors (Lipinski definition) is 2. The smallest absolute Gasteiger partial charge is 0.232 e. The SMILES string of the molecule is CC(Cc1cccnc1)(C(=O)Cl)c1ccc(Cl)cc1F. The number of pyridine rings is 1. The van der Waals surface area contributed by atoms with Crippen LogP contribution in [0.5, 0.6) is 0 Å². The van der Waals surface area contributed by atoms with Crippen molar-refractivity contribution in [1.29, 1.82) is 0 Å². The molecule has 0 spiro atoms. The average molecular weight is 312 g/mol. The van der Waals surface area contributed by atoms with Gasteiger partial charge >= 0.3 is 0 Å². The number of rotatable bonds is 4. The van der Waals surface area contributed by atoms with Crippen LogP contribution in [0.2, 0.25) is 5.02 Å². The highest BCUT2D eigenvalue weighted by Gasteiger charge is 2.36. The predicted molar refractivity (Wildman–Crippen MR) is 77.6 cm³/mol. The van der Waals surface area contributed by atoms with Crippen LogP contribution >= 0.6 is 23.2 Å². The van der Waals surface area contributed by atoms with Gasteiger partial charge in [0, 0.05) is 23.0 Å². The first-order valence-electron chi connectivity index (χ1n) is 5.98. The second-order valence-electron chi connectivity index (χ2n) is 4.77. The Bertz CT molecular complexity index is 633. The van der Waals surface area contributed by atoms with E-state index in [1.54, 1.807) is 31.5 Å². The fraction of sp³-hybridized carbons (Fsp3) is 0.200. The van der Waals surface area contributed by atoms with Gasteiger partial charge in [0.15, 0.2) is 0 Å². The van der Waals surface area contributed by atoms with E-state index >= 15 is 0 Å². The van der Waals surface area contributed by atoms with E-state index in [2.05, 4.69) is 4.98 Å². The largest absolute Gasteiger partial charge is 0.280 e. The van der Waals surface area contributed by atoms with Crippen LogP contribution in [0.25, 0.3) is 0 Å². The van der Waals surface area contributed by atoms with Gasteiger partial charge in [0.25, 0.3) is 0 Å². The summed E-state index contributed by atoms with van der Waals surface area (Å²) in [4.78, 5) is 15.8. The number of carbonyl (C=O) groups excluding carboxylic acids is 1. The van der Waals surface area contributed by atoms with E-state index in [4.69, 9.17) is 23.2 Å². The standard InChI is InChI=1S/C15H12Cl2FNO/c1-15(14(17)20,8-10-3-2-6-19-9-10)12-5-4-11(16)7-13(12)18/h2-7,9H,8H2,1H3. The Morgan fingerprint density at radius 2 is 2.15 bits per heavy atom. The molecule has 2 aromatic rings. The quantitative estimate of drug-likeness (QED) is 0.794. The third-order valence-electron chi connectivity index (χ3n) is 3.24. The Morgan fingerprint density at radius 3 is 2.70 bits per heavy atom. The minimum atomic E-state index is -1.17. The molecule has 2 rings (SSSR count). The number of carbonyl (C=O) groups is 1. The molecule has 0 aliphatic rings. The van der Waals surface area contributed by atoms with E-state index in [0.717, 1.165) is 5.56 Å². The first kappa shape index (κ1) is 14.9. The number of nitrogens with zero attached hydrogens (tertiary/aromatic N) is 1. The lowest BCUT2D eigenvalue weighted by Gasteiger charge is -2.26. The van der Waals surface area contributed by atoms with Crippen LogP contribution in [0.1, 0.15) is 18.1 Å². The lowest BCUT2D eigenvalue weighted by Crippen LogP contribution is -2.33. The molecule has 20 heavy (non-hydrogen) atoms. The van der Waals surface area contributed by atoms with E-state index in [9.17, 15) is 9.18 Å². The minimum Gasteiger partial charge on any atom is -0.280 e. The lowest BCUT2D eigenvalue weighted by molar-refractivity contribution is -0.116. The van der Waals surface area contributed by atoms with Crippen molar-refractivity contribution in [2.75, 3.05) is 0 Å². The van der Waals surface area contributed by atoms with Gasteiger partial charge in [0.05, 0.1) is 5.41 Å². The molecule has 0 N–H and O–H groups in total. The molecule has 0 saturated carbocycles. The van der Waals surface area contributed by atoms with Crippen molar-refractivity contribution < 1.29 is 9.18 Å². The third-order valence-corrected chi connectivity index (χ3v) is 3.89. The summed E-state index contributed by atoms with van der Waals surface area (Å²) in [5, 5.41) is -0.348. The summed E-state index contributed by atoms with van der Waals surface area (Å²) in [5.41, 5.74) is -0.136. The number of benzene rings is 1. The Hall–Kier alpha value is -1.45. The summed E-state index contributed by atoms with van der Waals surface area (Å²) in [7, 11) is 0. The molecule has 2 nitrogen and oxygen atoms in total. The highest BCUT2D eigenvalue weighted by atomic mass is 35.5. The Balaban J connectivity index is 2.47. The normalized spacial score (nSPS) is 13.8. The van der Waals surface area contributed by atoms with Crippen LogP contribution in [0.3, 0.4) is 0 Å². The fourth-order valence-electron chi connectivity index (χ4n) is 2.12. The van der Waals surface area contributed by atoms with E-state index in [1.165, 1.54) is 12.1 Å². The summed E-state index contributed by atoms with van der Waals surface area (Å²) in [5.74, 6) is -0.544. The number of hydrogen-bond donors (Lipinski definition) is 0. The molecule has 0 radical (unpaired) electrons. The molecule has 104 valence electrons. The van der Waals surface area contributed by atoms with Gasteiger partial charge in [-0.2, -0.15) is 0 Å². The zero-order valence-electron chi connectivity index (χ0n) is 10.7. The van der Waals surface area contributed by atoms with Crippen LogP contribution in [0.15, 0.2) is 42.7 Å². The molecule has 1 unspecified atom stereocenters. The second-order valence-corrected chi connectivity index (χ2v) is 5.55. The van der Waals surface area contributed by atoms with Crippen LogP contribution in [-0.2, 0) is 16.6 Å². The van der Waals surface area contributed by atoms with Gasteiger partial charge in [-0.15, -0.1) is 0 Å². The highest BCUT2D eigenvalue weighted by Crippen LogP contribution is 2.33. The first-order chi connectivity index (χ1) is 9.43. The molecule has 0 amide bonds. The zero-order valence-corrected chi connectivity index (χ0v) is 12.2. The third kappa shape index (κ3) is 3.00. The summed E-state index contributed by atoms with van der Waals surface area (Å²) < 4.78 is 14.1. The van der Waals surface area contributed by atoms with Crippen molar-refractivity contribution in [2.24, 2.45) is 0 Å².